The van der Waals surface area contributed by atoms with Crippen LogP contribution < -0.4 is 0 Å². The summed E-state index contributed by atoms with van der Waals surface area (Å²) in [7, 11) is 0. The average molecular weight is 281 g/mol. The summed E-state index contributed by atoms with van der Waals surface area (Å²) < 4.78 is 0. The van der Waals surface area contributed by atoms with Gasteiger partial charge in [0.05, 0.1) is 0 Å². The van der Waals surface area contributed by atoms with E-state index in [0.29, 0.717) is 0 Å². The van der Waals surface area contributed by atoms with E-state index in [1.165, 1.54) is 89.9 Å². The summed E-state index contributed by atoms with van der Waals surface area (Å²) in [5.74, 6) is 0.813. The summed E-state index contributed by atoms with van der Waals surface area (Å²) in [6.07, 6.45) is 24.7. The monoisotopic (exact) mass is 280 g/mol. The third-order valence-electron chi connectivity index (χ3n) is 4.00. The number of hydrogen-bond donors (Lipinski definition) is 0. The van der Waals surface area contributed by atoms with Gasteiger partial charge in [0.2, 0.25) is 0 Å². The van der Waals surface area contributed by atoms with Crippen molar-refractivity contribution in [1.82, 2.24) is 0 Å². The minimum absolute atomic E-state index is 0.813. The highest BCUT2D eigenvalue weighted by Gasteiger charge is 1.93. The van der Waals surface area contributed by atoms with E-state index in [2.05, 4.69) is 32.9 Å². The van der Waals surface area contributed by atoms with Crippen molar-refractivity contribution in [2.75, 3.05) is 0 Å². The van der Waals surface area contributed by atoms with Gasteiger partial charge < -0.3 is 0 Å². The first-order chi connectivity index (χ1) is 9.77. The molecule has 0 aromatic carbocycles. The summed E-state index contributed by atoms with van der Waals surface area (Å²) in [5, 5.41) is 0. The highest BCUT2D eigenvalue weighted by atomic mass is 14.0. The lowest BCUT2D eigenvalue weighted by atomic mass is 10.0. The van der Waals surface area contributed by atoms with E-state index in [1.807, 2.05) is 0 Å². The van der Waals surface area contributed by atoms with Crippen LogP contribution in [0.1, 0.15) is 111 Å². The van der Waals surface area contributed by atoms with Gasteiger partial charge in [0, 0.05) is 0 Å². The molecule has 0 N–H and O–H groups in total. The number of unbranched alkanes of at least 4 members (excludes halogenated alkanes) is 12. The van der Waals surface area contributed by atoms with Gasteiger partial charge in [-0.2, -0.15) is 0 Å². The molecular formula is C20H40. The average Bonchev–Trinajstić information content (AvgIpc) is 2.43. The molecule has 0 fully saturated rings. The minimum atomic E-state index is 0.813. The van der Waals surface area contributed by atoms with Crippen molar-refractivity contribution in [1.29, 1.82) is 0 Å². The first-order valence-electron chi connectivity index (χ1n) is 9.42. The Morgan fingerprint density at radius 3 is 1.50 bits per heavy atom. The minimum Gasteiger partial charge on any atom is -0.0885 e. The predicted octanol–water partition coefficient (Wildman–Crippen LogP) is 7.68. The summed E-state index contributed by atoms with van der Waals surface area (Å²) >= 11 is 0. The van der Waals surface area contributed by atoms with E-state index in [1.54, 1.807) is 0 Å². The molecule has 0 saturated heterocycles. The Morgan fingerprint density at radius 2 is 1.05 bits per heavy atom. The van der Waals surface area contributed by atoms with Gasteiger partial charge in [-0.1, -0.05) is 104 Å². The number of allylic oxidation sites excluding steroid dienone is 2. The van der Waals surface area contributed by atoms with Gasteiger partial charge in [0.25, 0.3) is 0 Å². The Bertz CT molecular complexity index is 190. The van der Waals surface area contributed by atoms with Gasteiger partial charge in [0.15, 0.2) is 0 Å². The Balaban J connectivity index is 3.01. The van der Waals surface area contributed by atoms with Crippen LogP contribution in [0, 0.1) is 5.92 Å². The molecule has 0 amide bonds. The van der Waals surface area contributed by atoms with Crippen LogP contribution in [0.4, 0.5) is 0 Å². The van der Waals surface area contributed by atoms with Crippen molar-refractivity contribution in [3.05, 3.63) is 12.2 Å². The fraction of sp³-hybridized carbons (Fsp3) is 0.900. The van der Waals surface area contributed by atoms with Crippen LogP contribution in [-0.2, 0) is 0 Å². The second-order valence-electron chi connectivity index (χ2n) is 6.78. The summed E-state index contributed by atoms with van der Waals surface area (Å²) in [5.41, 5.74) is 0. The summed E-state index contributed by atoms with van der Waals surface area (Å²) in [6.45, 7) is 6.86. The largest absolute Gasteiger partial charge is 0.0885 e. The van der Waals surface area contributed by atoms with Gasteiger partial charge >= 0.3 is 0 Å². The molecule has 0 heterocycles. The van der Waals surface area contributed by atoms with Gasteiger partial charge in [-0.15, -0.1) is 0 Å². The number of hydrogen-bond acceptors (Lipinski definition) is 0. The van der Waals surface area contributed by atoms with Crippen molar-refractivity contribution < 1.29 is 0 Å². The molecule has 0 unspecified atom stereocenters. The molecule has 0 spiro atoms. The Hall–Kier alpha value is -0.260. The van der Waals surface area contributed by atoms with E-state index in [0.717, 1.165) is 5.92 Å². The van der Waals surface area contributed by atoms with Crippen LogP contribution in [0.2, 0.25) is 0 Å². The van der Waals surface area contributed by atoms with Crippen molar-refractivity contribution in [2.24, 2.45) is 5.92 Å². The van der Waals surface area contributed by atoms with E-state index in [-0.39, 0.29) is 0 Å². The molecule has 0 heteroatoms. The smallest absolute Gasteiger partial charge is 0.0327 e. The summed E-state index contributed by atoms with van der Waals surface area (Å²) in [4.78, 5) is 0. The summed E-state index contributed by atoms with van der Waals surface area (Å²) in [6, 6.07) is 0. The van der Waals surface area contributed by atoms with Gasteiger partial charge in [-0.3, -0.25) is 0 Å². The molecule has 0 aliphatic heterocycles. The Kier molecular flexibility index (Phi) is 16.6. The SMILES string of the molecule is CCCCCCCCCCCCCCC=CCC(C)C. The second kappa shape index (κ2) is 16.8. The first kappa shape index (κ1) is 19.7. The normalized spacial score (nSPS) is 11.8. The topological polar surface area (TPSA) is 0 Å². The molecule has 0 radical (unpaired) electrons. The van der Waals surface area contributed by atoms with Crippen LogP contribution in [0.25, 0.3) is 0 Å². The highest BCUT2D eigenvalue weighted by Crippen LogP contribution is 2.12. The van der Waals surface area contributed by atoms with Crippen molar-refractivity contribution in [3.63, 3.8) is 0 Å². The maximum absolute atomic E-state index is 2.39. The zero-order chi connectivity index (χ0) is 14.9. The van der Waals surface area contributed by atoms with Crippen LogP contribution in [0.15, 0.2) is 12.2 Å². The van der Waals surface area contributed by atoms with Crippen molar-refractivity contribution in [2.45, 2.75) is 111 Å². The van der Waals surface area contributed by atoms with Crippen LogP contribution >= 0.6 is 0 Å². The second-order valence-corrected chi connectivity index (χ2v) is 6.78. The molecule has 120 valence electrons. The number of rotatable bonds is 15. The zero-order valence-corrected chi connectivity index (χ0v) is 14.6. The van der Waals surface area contributed by atoms with Crippen molar-refractivity contribution in [3.8, 4) is 0 Å². The molecule has 0 atom stereocenters. The third kappa shape index (κ3) is 17.7. The maximum atomic E-state index is 2.39. The lowest BCUT2D eigenvalue weighted by Crippen LogP contribution is -1.83. The molecule has 0 rings (SSSR count). The molecule has 0 aliphatic carbocycles. The molecule has 0 saturated carbocycles. The van der Waals surface area contributed by atoms with Gasteiger partial charge in [-0.05, 0) is 25.2 Å². The third-order valence-corrected chi connectivity index (χ3v) is 4.00. The molecule has 0 bridgehead atoms. The van der Waals surface area contributed by atoms with Crippen LogP contribution in [0.5, 0.6) is 0 Å². The quantitative estimate of drug-likeness (QED) is 0.213. The van der Waals surface area contributed by atoms with Crippen LogP contribution in [-0.4, -0.2) is 0 Å². The fourth-order valence-corrected chi connectivity index (χ4v) is 2.59. The molecule has 0 nitrogen and oxygen atoms in total. The maximum Gasteiger partial charge on any atom is -0.0327 e. The Morgan fingerprint density at radius 1 is 0.600 bits per heavy atom. The molecule has 0 aliphatic rings. The molecule has 20 heavy (non-hydrogen) atoms. The lowest BCUT2D eigenvalue weighted by Gasteiger charge is -2.02. The molecule has 0 aromatic rings. The van der Waals surface area contributed by atoms with E-state index >= 15 is 0 Å². The predicted molar refractivity (Wildman–Crippen MR) is 94.3 cm³/mol. The standard InChI is InChI=1S/C20H40/c1-4-5-6-7-8-9-10-11-12-13-14-15-16-17-18-19-20(2)3/h17-18,20H,4-16,19H2,1-3H3. The molecular weight excluding hydrogens is 240 g/mol. The van der Waals surface area contributed by atoms with E-state index in [4.69, 9.17) is 0 Å². The zero-order valence-electron chi connectivity index (χ0n) is 14.6. The highest BCUT2D eigenvalue weighted by molar-refractivity contribution is 4.82. The lowest BCUT2D eigenvalue weighted by molar-refractivity contribution is 0.544. The Labute approximate surface area is 129 Å². The van der Waals surface area contributed by atoms with E-state index < -0.39 is 0 Å². The fourth-order valence-electron chi connectivity index (χ4n) is 2.59. The van der Waals surface area contributed by atoms with Gasteiger partial charge in [-0.25, -0.2) is 0 Å². The van der Waals surface area contributed by atoms with E-state index in [9.17, 15) is 0 Å². The van der Waals surface area contributed by atoms with Crippen LogP contribution in [0.3, 0.4) is 0 Å². The molecule has 0 aromatic heterocycles. The van der Waals surface area contributed by atoms with Gasteiger partial charge in [0.1, 0.15) is 0 Å². The van der Waals surface area contributed by atoms with Crippen molar-refractivity contribution >= 4 is 0 Å². The first-order valence-corrected chi connectivity index (χ1v) is 9.42.